The van der Waals surface area contributed by atoms with Gasteiger partial charge in [-0.05, 0) is 36.6 Å². The van der Waals surface area contributed by atoms with Gasteiger partial charge in [-0.25, -0.2) is 4.79 Å². The minimum absolute atomic E-state index is 0.255. The fourth-order valence-electron chi connectivity index (χ4n) is 2.94. The lowest BCUT2D eigenvalue weighted by atomic mass is 10.1. The number of urea groups is 1. The maximum Gasteiger partial charge on any atom is 0.319 e. The van der Waals surface area contributed by atoms with Crippen molar-refractivity contribution in [1.82, 2.24) is 5.32 Å². The largest absolute Gasteiger partial charge is 0.497 e. The molecule has 0 bridgehead atoms. The normalized spacial score (nSPS) is 11.7. The van der Waals surface area contributed by atoms with E-state index in [1.807, 2.05) is 67.6 Å². The molecule has 3 rings (SSSR count). The Kier molecular flexibility index (Phi) is 5.27. The fraction of sp³-hybridized carbons (Fsp3) is 0.190. The van der Waals surface area contributed by atoms with E-state index in [1.54, 1.807) is 14.2 Å². The van der Waals surface area contributed by atoms with Gasteiger partial charge >= 0.3 is 6.03 Å². The van der Waals surface area contributed by atoms with Gasteiger partial charge in [0.05, 0.1) is 25.9 Å². The van der Waals surface area contributed by atoms with Crippen LogP contribution in [-0.4, -0.2) is 20.3 Å². The molecule has 0 aliphatic rings. The summed E-state index contributed by atoms with van der Waals surface area (Å²) in [6.45, 7) is 1.90. The van der Waals surface area contributed by atoms with Crippen LogP contribution in [0.2, 0.25) is 0 Å². The van der Waals surface area contributed by atoms with Crippen LogP contribution in [0.25, 0.3) is 10.8 Å². The molecule has 1 atom stereocenters. The molecule has 5 nitrogen and oxygen atoms in total. The van der Waals surface area contributed by atoms with Crippen LogP contribution in [0.15, 0.2) is 60.7 Å². The molecule has 134 valence electrons. The Labute approximate surface area is 152 Å². The second kappa shape index (κ2) is 7.78. The summed E-state index contributed by atoms with van der Waals surface area (Å²) in [5.74, 6) is 1.41. The number of anilines is 1. The monoisotopic (exact) mass is 350 g/mol. The van der Waals surface area contributed by atoms with E-state index in [9.17, 15) is 4.79 Å². The van der Waals surface area contributed by atoms with Gasteiger partial charge in [-0.3, -0.25) is 0 Å². The lowest BCUT2D eigenvalue weighted by Crippen LogP contribution is -2.31. The Hall–Kier alpha value is -3.21. The van der Waals surface area contributed by atoms with Crippen molar-refractivity contribution in [1.29, 1.82) is 0 Å². The van der Waals surface area contributed by atoms with Crippen LogP contribution >= 0.6 is 0 Å². The first-order valence-electron chi connectivity index (χ1n) is 8.39. The maximum atomic E-state index is 12.5. The average molecular weight is 350 g/mol. The Morgan fingerprint density at radius 1 is 0.962 bits per heavy atom. The van der Waals surface area contributed by atoms with E-state index >= 15 is 0 Å². The molecule has 0 aliphatic carbocycles. The highest BCUT2D eigenvalue weighted by Crippen LogP contribution is 2.29. The third kappa shape index (κ3) is 3.72. The van der Waals surface area contributed by atoms with Crippen molar-refractivity contribution in [2.45, 2.75) is 13.0 Å². The molecule has 0 spiro atoms. The summed E-state index contributed by atoms with van der Waals surface area (Å²) in [6.07, 6.45) is 0. The van der Waals surface area contributed by atoms with Gasteiger partial charge in [-0.15, -0.1) is 0 Å². The van der Waals surface area contributed by atoms with Crippen LogP contribution < -0.4 is 20.1 Å². The topological polar surface area (TPSA) is 59.6 Å². The zero-order valence-corrected chi connectivity index (χ0v) is 15.1. The first-order chi connectivity index (χ1) is 12.6. The molecule has 0 unspecified atom stereocenters. The molecule has 2 amide bonds. The lowest BCUT2D eigenvalue weighted by molar-refractivity contribution is 0.249. The van der Waals surface area contributed by atoms with Gasteiger partial charge in [-0.1, -0.05) is 36.4 Å². The summed E-state index contributed by atoms with van der Waals surface area (Å²) in [6, 6.07) is 18.7. The molecule has 3 aromatic rings. The summed E-state index contributed by atoms with van der Waals surface area (Å²) >= 11 is 0. The molecule has 0 aromatic heterocycles. The van der Waals surface area contributed by atoms with Gasteiger partial charge in [-0.2, -0.15) is 0 Å². The number of amides is 2. The predicted octanol–water partition coefficient (Wildman–Crippen LogP) is 4.74. The average Bonchev–Trinajstić information content (AvgIpc) is 2.67. The minimum atomic E-state index is -0.279. The standard InChI is InChI=1S/C21H22N2O3/c1-14(18-13-16(25-2)11-12-20(18)26-3)22-21(24)23-19-10-6-8-15-7-4-5-9-17(15)19/h4-14H,1-3H3,(H2,22,23,24)/t14-/m0/s1. The van der Waals surface area contributed by atoms with Gasteiger partial charge in [0, 0.05) is 10.9 Å². The number of carbonyl (C=O) groups is 1. The molecule has 0 aliphatic heterocycles. The second-order valence-corrected chi connectivity index (χ2v) is 5.95. The first kappa shape index (κ1) is 17.6. The number of methoxy groups -OCH3 is 2. The van der Waals surface area contributed by atoms with Crippen LogP contribution in [0, 0.1) is 0 Å². The van der Waals surface area contributed by atoms with Gasteiger partial charge in [0.1, 0.15) is 11.5 Å². The number of benzene rings is 3. The quantitative estimate of drug-likeness (QED) is 0.699. The van der Waals surface area contributed by atoms with Crippen LogP contribution in [0.3, 0.4) is 0 Å². The minimum Gasteiger partial charge on any atom is -0.497 e. The molecule has 0 radical (unpaired) electrons. The van der Waals surface area contributed by atoms with Crippen molar-refractivity contribution in [3.05, 3.63) is 66.2 Å². The van der Waals surface area contributed by atoms with Gasteiger partial charge in [0.2, 0.25) is 0 Å². The molecular formula is C21H22N2O3. The van der Waals surface area contributed by atoms with Crippen molar-refractivity contribution >= 4 is 22.5 Å². The SMILES string of the molecule is COc1ccc(OC)c([C@H](C)NC(=O)Nc2cccc3ccccc23)c1. The zero-order chi connectivity index (χ0) is 18.5. The van der Waals surface area contributed by atoms with E-state index in [1.165, 1.54) is 0 Å². The van der Waals surface area contributed by atoms with Crippen molar-refractivity contribution in [2.24, 2.45) is 0 Å². The second-order valence-electron chi connectivity index (χ2n) is 5.95. The number of fused-ring (bicyclic) bond motifs is 1. The highest BCUT2D eigenvalue weighted by Gasteiger charge is 2.15. The Morgan fingerprint density at radius 2 is 1.73 bits per heavy atom. The third-order valence-electron chi connectivity index (χ3n) is 4.29. The van der Waals surface area contributed by atoms with E-state index in [2.05, 4.69) is 10.6 Å². The van der Waals surface area contributed by atoms with E-state index in [-0.39, 0.29) is 12.1 Å². The molecule has 26 heavy (non-hydrogen) atoms. The van der Waals surface area contributed by atoms with Crippen LogP contribution in [-0.2, 0) is 0 Å². The Balaban J connectivity index is 1.77. The number of rotatable bonds is 5. The highest BCUT2D eigenvalue weighted by atomic mass is 16.5. The van der Waals surface area contributed by atoms with Gasteiger partial charge in [0.15, 0.2) is 0 Å². The molecule has 0 heterocycles. The van der Waals surface area contributed by atoms with Crippen molar-refractivity contribution in [3.63, 3.8) is 0 Å². The van der Waals surface area contributed by atoms with Gasteiger partial charge < -0.3 is 20.1 Å². The summed E-state index contributed by atoms with van der Waals surface area (Å²) in [4.78, 5) is 12.5. The number of ether oxygens (including phenoxy) is 2. The number of hydrogen-bond donors (Lipinski definition) is 2. The van der Waals surface area contributed by atoms with E-state index in [4.69, 9.17) is 9.47 Å². The van der Waals surface area contributed by atoms with Crippen molar-refractivity contribution in [2.75, 3.05) is 19.5 Å². The summed E-state index contributed by atoms with van der Waals surface area (Å²) in [5, 5.41) is 7.95. The number of carbonyl (C=O) groups excluding carboxylic acids is 1. The van der Waals surface area contributed by atoms with E-state index < -0.39 is 0 Å². The molecule has 0 saturated heterocycles. The molecular weight excluding hydrogens is 328 g/mol. The highest BCUT2D eigenvalue weighted by molar-refractivity contribution is 6.01. The third-order valence-corrected chi connectivity index (χ3v) is 4.29. The van der Waals surface area contributed by atoms with Crippen LogP contribution in [0.4, 0.5) is 10.5 Å². The predicted molar refractivity (Wildman–Crippen MR) is 104 cm³/mol. The van der Waals surface area contributed by atoms with E-state index in [0.29, 0.717) is 11.5 Å². The fourth-order valence-corrected chi connectivity index (χ4v) is 2.94. The summed E-state index contributed by atoms with van der Waals surface area (Å²) in [5.41, 5.74) is 1.62. The van der Waals surface area contributed by atoms with Crippen molar-refractivity contribution < 1.29 is 14.3 Å². The number of hydrogen-bond acceptors (Lipinski definition) is 3. The zero-order valence-electron chi connectivity index (χ0n) is 15.1. The first-order valence-corrected chi connectivity index (χ1v) is 8.39. The molecule has 0 saturated carbocycles. The van der Waals surface area contributed by atoms with E-state index in [0.717, 1.165) is 22.0 Å². The van der Waals surface area contributed by atoms with Crippen LogP contribution in [0.1, 0.15) is 18.5 Å². The maximum absolute atomic E-state index is 12.5. The molecule has 3 aromatic carbocycles. The smallest absolute Gasteiger partial charge is 0.319 e. The Morgan fingerprint density at radius 3 is 2.50 bits per heavy atom. The number of nitrogens with one attached hydrogen (secondary N) is 2. The molecule has 2 N–H and O–H groups in total. The van der Waals surface area contributed by atoms with Crippen LogP contribution in [0.5, 0.6) is 11.5 Å². The summed E-state index contributed by atoms with van der Waals surface area (Å²) in [7, 11) is 3.21. The molecule has 5 heteroatoms. The van der Waals surface area contributed by atoms with Crippen molar-refractivity contribution in [3.8, 4) is 11.5 Å². The Bertz CT molecular complexity index is 919. The van der Waals surface area contributed by atoms with Gasteiger partial charge in [0.25, 0.3) is 0 Å². The lowest BCUT2D eigenvalue weighted by Gasteiger charge is -2.19. The molecule has 0 fully saturated rings. The summed E-state index contributed by atoms with van der Waals surface area (Å²) < 4.78 is 10.7.